The molecule has 5 heteroatoms. The van der Waals surface area contributed by atoms with Crippen LogP contribution in [0.2, 0.25) is 0 Å². The molecule has 0 bridgehead atoms. The molecule has 0 aliphatic carbocycles. The number of anilines is 1. The molecule has 5 nitrogen and oxygen atoms in total. The van der Waals surface area contributed by atoms with Crippen molar-refractivity contribution in [1.29, 1.82) is 0 Å². The Labute approximate surface area is 121 Å². The van der Waals surface area contributed by atoms with Crippen molar-refractivity contribution in [3.63, 3.8) is 0 Å². The van der Waals surface area contributed by atoms with Crippen molar-refractivity contribution >= 4 is 5.82 Å². The molecule has 1 aromatic heterocycles. The number of aromatic nitrogens is 2. The fourth-order valence-electron chi connectivity index (χ4n) is 2.29. The molecule has 0 saturated carbocycles. The highest BCUT2D eigenvalue weighted by atomic mass is 16.3. The Morgan fingerprint density at radius 3 is 2.19 bits per heavy atom. The van der Waals surface area contributed by atoms with E-state index in [1.54, 1.807) is 36.4 Å². The smallest absolute Gasteiger partial charge is 0.279 e. The molecule has 106 valence electrons. The first-order valence-electron chi connectivity index (χ1n) is 6.57. The van der Waals surface area contributed by atoms with E-state index < -0.39 is 6.10 Å². The van der Waals surface area contributed by atoms with Gasteiger partial charge in [-0.1, -0.05) is 48.5 Å². The molecule has 0 saturated heterocycles. The van der Waals surface area contributed by atoms with E-state index in [0.717, 1.165) is 0 Å². The van der Waals surface area contributed by atoms with E-state index in [0.29, 0.717) is 11.3 Å². The fourth-order valence-corrected chi connectivity index (χ4v) is 2.29. The summed E-state index contributed by atoms with van der Waals surface area (Å²) < 4.78 is 1.33. The summed E-state index contributed by atoms with van der Waals surface area (Å²) in [7, 11) is 0. The van der Waals surface area contributed by atoms with Crippen LogP contribution in [-0.2, 0) is 0 Å². The number of hydrogen-bond donors (Lipinski definition) is 3. The number of aliphatic hydroxyl groups is 1. The highest BCUT2D eigenvalue weighted by molar-refractivity contribution is 5.46. The van der Waals surface area contributed by atoms with E-state index in [4.69, 9.17) is 5.73 Å². The number of benzene rings is 2. The molecule has 1 unspecified atom stereocenters. The monoisotopic (exact) mass is 281 g/mol. The summed E-state index contributed by atoms with van der Waals surface area (Å²) in [4.78, 5) is 12.5. The number of nitrogens with zero attached hydrogens (tertiary/aromatic N) is 1. The third-order valence-electron chi connectivity index (χ3n) is 3.36. The minimum Gasteiger partial charge on any atom is -0.384 e. The van der Waals surface area contributed by atoms with Crippen LogP contribution < -0.4 is 11.3 Å². The Bertz CT molecular complexity index is 791. The quantitative estimate of drug-likeness (QED) is 0.684. The van der Waals surface area contributed by atoms with E-state index in [9.17, 15) is 9.90 Å². The minimum atomic E-state index is -1.06. The number of para-hydroxylation sites is 1. The number of aliphatic hydroxyl groups excluding tert-OH is 1. The zero-order valence-corrected chi connectivity index (χ0v) is 11.2. The molecule has 0 aliphatic heterocycles. The maximum atomic E-state index is 12.5. The van der Waals surface area contributed by atoms with Crippen LogP contribution in [0.1, 0.15) is 17.2 Å². The molecular formula is C16H15N3O2. The first kappa shape index (κ1) is 13.2. The molecule has 0 spiro atoms. The third-order valence-corrected chi connectivity index (χ3v) is 3.36. The van der Waals surface area contributed by atoms with Crippen molar-refractivity contribution in [1.82, 2.24) is 9.78 Å². The van der Waals surface area contributed by atoms with Gasteiger partial charge in [0.25, 0.3) is 5.56 Å². The first-order chi connectivity index (χ1) is 10.2. The van der Waals surface area contributed by atoms with Crippen molar-refractivity contribution in [3.8, 4) is 5.69 Å². The van der Waals surface area contributed by atoms with Gasteiger partial charge in [-0.3, -0.25) is 9.89 Å². The van der Waals surface area contributed by atoms with Gasteiger partial charge in [-0.2, -0.15) is 0 Å². The molecule has 3 rings (SSSR count). The van der Waals surface area contributed by atoms with Gasteiger partial charge >= 0.3 is 0 Å². The summed E-state index contributed by atoms with van der Waals surface area (Å²) in [5.74, 6) is 0.167. The first-order valence-corrected chi connectivity index (χ1v) is 6.57. The highest BCUT2D eigenvalue weighted by Crippen LogP contribution is 2.23. The zero-order chi connectivity index (χ0) is 14.8. The average Bonchev–Trinajstić information content (AvgIpc) is 2.83. The van der Waals surface area contributed by atoms with Crippen molar-refractivity contribution in [3.05, 3.63) is 82.1 Å². The molecule has 1 heterocycles. The van der Waals surface area contributed by atoms with E-state index in [1.807, 2.05) is 24.3 Å². The second-order valence-corrected chi connectivity index (χ2v) is 4.73. The molecule has 4 N–H and O–H groups in total. The lowest BCUT2D eigenvalue weighted by Crippen LogP contribution is -2.19. The second kappa shape index (κ2) is 5.30. The van der Waals surface area contributed by atoms with Gasteiger partial charge in [0.2, 0.25) is 0 Å². The van der Waals surface area contributed by atoms with Crippen LogP contribution in [0, 0.1) is 0 Å². The number of hydrogen-bond acceptors (Lipinski definition) is 3. The number of H-pyrrole nitrogens is 1. The van der Waals surface area contributed by atoms with Gasteiger partial charge in [0.15, 0.2) is 0 Å². The van der Waals surface area contributed by atoms with Gasteiger partial charge in [0.1, 0.15) is 11.9 Å². The normalized spacial score (nSPS) is 12.2. The number of nitrogens with two attached hydrogens (primary N) is 1. The van der Waals surface area contributed by atoms with Crippen LogP contribution in [-0.4, -0.2) is 14.9 Å². The Morgan fingerprint density at radius 1 is 1.00 bits per heavy atom. The molecule has 1 atom stereocenters. The standard InChI is InChI=1S/C16H15N3O2/c17-15-13(14(20)11-7-3-1-4-8-11)16(21)19(18-15)12-9-5-2-6-10-12/h1-10,14,18,20H,17H2. The van der Waals surface area contributed by atoms with E-state index in [-0.39, 0.29) is 16.9 Å². The maximum absolute atomic E-state index is 12.5. The summed E-state index contributed by atoms with van der Waals surface area (Å²) in [5.41, 5.74) is 6.98. The van der Waals surface area contributed by atoms with Gasteiger partial charge < -0.3 is 10.8 Å². The number of nitrogens with one attached hydrogen (secondary N) is 1. The van der Waals surface area contributed by atoms with Crippen molar-refractivity contribution in [2.45, 2.75) is 6.10 Å². The van der Waals surface area contributed by atoms with E-state index in [2.05, 4.69) is 5.10 Å². The fraction of sp³-hybridized carbons (Fsp3) is 0.0625. The van der Waals surface area contributed by atoms with Gasteiger partial charge in [-0.05, 0) is 17.7 Å². The lowest BCUT2D eigenvalue weighted by atomic mass is 10.0. The molecule has 3 aromatic rings. The summed E-state index contributed by atoms with van der Waals surface area (Å²) in [6.07, 6.45) is -1.06. The van der Waals surface area contributed by atoms with Gasteiger partial charge in [0, 0.05) is 0 Å². The third kappa shape index (κ3) is 2.34. The summed E-state index contributed by atoms with van der Waals surface area (Å²) in [6, 6.07) is 18.0. The Balaban J connectivity index is 2.09. The molecule has 21 heavy (non-hydrogen) atoms. The van der Waals surface area contributed by atoms with Crippen LogP contribution in [0.3, 0.4) is 0 Å². The van der Waals surface area contributed by atoms with E-state index in [1.165, 1.54) is 4.68 Å². The molecule has 0 amide bonds. The maximum Gasteiger partial charge on any atom is 0.279 e. The largest absolute Gasteiger partial charge is 0.384 e. The summed E-state index contributed by atoms with van der Waals surface area (Å²) in [5, 5.41) is 13.2. The second-order valence-electron chi connectivity index (χ2n) is 4.73. The van der Waals surface area contributed by atoms with Crippen LogP contribution in [0.5, 0.6) is 0 Å². The van der Waals surface area contributed by atoms with Gasteiger partial charge in [-0.25, -0.2) is 4.68 Å². The zero-order valence-electron chi connectivity index (χ0n) is 11.2. The van der Waals surface area contributed by atoms with E-state index >= 15 is 0 Å². The predicted molar refractivity (Wildman–Crippen MR) is 81.3 cm³/mol. The number of nitrogen functional groups attached to an aromatic ring is 1. The lowest BCUT2D eigenvalue weighted by Gasteiger charge is -2.08. The Kier molecular flexibility index (Phi) is 3.33. The highest BCUT2D eigenvalue weighted by Gasteiger charge is 2.21. The molecule has 0 aliphatic rings. The van der Waals surface area contributed by atoms with Crippen molar-refractivity contribution < 1.29 is 5.11 Å². The molecular weight excluding hydrogens is 266 g/mol. The van der Waals surface area contributed by atoms with Crippen molar-refractivity contribution in [2.75, 3.05) is 5.73 Å². The number of aromatic amines is 1. The molecule has 0 radical (unpaired) electrons. The van der Waals surface area contributed by atoms with Gasteiger partial charge in [-0.15, -0.1) is 0 Å². The molecule has 0 fully saturated rings. The lowest BCUT2D eigenvalue weighted by molar-refractivity contribution is 0.220. The predicted octanol–water partition coefficient (Wildman–Crippen LogP) is 1.83. The van der Waals surface area contributed by atoms with Crippen molar-refractivity contribution in [2.24, 2.45) is 0 Å². The van der Waals surface area contributed by atoms with Crippen LogP contribution in [0.4, 0.5) is 5.82 Å². The topological polar surface area (TPSA) is 84.0 Å². The van der Waals surface area contributed by atoms with Crippen LogP contribution >= 0.6 is 0 Å². The SMILES string of the molecule is Nc1[nH]n(-c2ccccc2)c(=O)c1C(O)c1ccccc1. The minimum absolute atomic E-state index is 0.157. The Hall–Kier alpha value is -2.79. The Morgan fingerprint density at radius 2 is 1.57 bits per heavy atom. The van der Waals surface area contributed by atoms with Gasteiger partial charge in [0.05, 0.1) is 11.3 Å². The molecule has 2 aromatic carbocycles. The van der Waals surface area contributed by atoms with Crippen LogP contribution in [0.15, 0.2) is 65.5 Å². The summed E-state index contributed by atoms with van der Waals surface area (Å²) >= 11 is 0. The van der Waals surface area contributed by atoms with Crippen LogP contribution in [0.25, 0.3) is 5.69 Å². The number of rotatable bonds is 3. The summed E-state index contributed by atoms with van der Waals surface area (Å²) in [6.45, 7) is 0. The average molecular weight is 281 g/mol.